The van der Waals surface area contributed by atoms with Crippen LogP contribution in [0.2, 0.25) is 0 Å². The molecule has 6 nitrogen and oxygen atoms in total. The van der Waals surface area contributed by atoms with E-state index in [1.165, 1.54) is 0 Å². The molecule has 3 heterocycles. The van der Waals surface area contributed by atoms with Crippen LogP contribution in [0, 0.1) is 0 Å². The van der Waals surface area contributed by atoms with E-state index in [-0.39, 0.29) is 5.91 Å². The maximum absolute atomic E-state index is 12.2. The van der Waals surface area contributed by atoms with Crippen LogP contribution in [-0.4, -0.2) is 52.1 Å². The molecular formula is C16H22N4O2S. The van der Waals surface area contributed by atoms with E-state index in [9.17, 15) is 4.79 Å². The molecule has 0 spiro atoms. The number of piperidine rings is 1. The van der Waals surface area contributed by atoms with Crippen molar-refractivity contribution >= 4 is 17.2 Å². The van der Waals surface area contributed by atoms with Crippen molar-refractivity contribution in [1.29, 1.82) is 0 Å². The molecule has 1 atom stereocenters. The van der Waals surface area contributed by atoms with E-state index in [4.69, 9.17) is 4.74 Å². The maximum Gasteiger partial charge on any atom is 0.224 e. The van der Waals surface area contributed by atoms with Crippen molar-refractivity contribution in [3.8, 4) is 0 Å². The third-order valence-electron chi connectivity index (χ3n) is 4.22. The van der Waals surface area contributed by atoms with Crippen LogP contribution in [0.3, 0.4) is 0 Å². The van der Waals surface area contributed by atoms with Crippen molar-refractivity contribution in [3.63, 3.8) is 0 Å². The van der Waals surface area contributed by atoms with Crippen LogP contribution in [0.4, 0.5) is 0 Å². The average Bonchev–Trinajstić information content (AvgIpc) is 3.25. The van der Waals surface area contributed by atoms with Crippen LogP contribution >= 0.6 is 11.3 Å². The molecule has 0 radical (unpaired) electrons. The van der Waals surface area contributed by atoms with Gasteiger partial charge in [0.15, 0.2) is 0 Å². The van der Waals surface area contributed by atoms with Crippen molar-refractivity contribution in [3.05, 3.63) is 34.8 Å². The van der Waals surface area contributed by atoms with Gasteiger partial charge in [0.25, 0.3) is 0 Å². The molecular weight excluding hydrogens is 312 g/mol. The highest BCUT2D eigenvalue weighted by Gasteiger charge is 2.27. The first kappa shape index (κ1) is 16.1. The van der Waals surface area contributed by atoms with Crippen LogP contribution in [0.15, 0.2) is 23.3 Å². The summed E-state index contributed by atoms with van der Waals surface area (Å²) in [5.74, 6) is 1.53. The van der Waals surface area contributed by atoms with E-state index in [2.05, 4.69) is 19.9 Å². The fraction of sp³-hybridized carbons (Fsp3) is 0.562. The minimum atomic E-state index is 0.175. The fourth-order valence-electron chi connectivity index (χ4n) is 3.07. The first-order chi connectivity index (χ1) is 11.3. The second-order valence-corrected chi connectivity index (χ2v) is 6.53. The van der Waals surface area contributed by atoms with Crippen molar-refractivity contribution in [2.45, 2.75) is 31.7 Å². The lowest BCUT2D eigenvalue weighted by Crippen LogP contribution is -2.40. The monoisotopic (exact) mass is 334 g/mol. The number of imidazole rings is 1. The maximum atomic E-state index is 12.2. The molecule has 1 amide bonds. The lowest BCUT2D eigenvalue weighted by Gasteiger charge is -2.32. The predicted octanol–water partition coefficient (Wildman–Crippen LogP) is 2.13. The van der Waals surface area contributed by atoms with E-state index in [0.29, 0.717) is 18.9 Å². The lowest BCUT2D eigenvalue weighted by atomic mass is 9.96. The Morgan fingerprint density at radius 3 is 3.17 bits per heavy atom. The zero-order valence-electron chi connectivity index (χ0n) is 13.4. The largest absolute Gasteiger partial charge is 0.384 e. The number of likely N-dealkylation sites (tertiary alicyclic amines) is 1. The third kappa shape index (κ3) is 3.97. The van der Waals surface area contributed by atoms with Gasteiger partial charge < -0.3 is 14.2 Å². The summed E-state index contributed by atoms with van der Waals surface area (Å²) < 4.78 is 7.17. The number of carbonyl (C=O) groups is 1. The van der Waals surface area contributed by atoms with Gasteiger partial charge >= 0.3 is 0 Å². The Kier molecular flexibility index (Phi) is 5.40. The minimum absolute atomic E-state index is 0.175. The van der Waals surface area contributed by atoms with E-state index in [1.807, 2.05) is 22.8 Å². The Morgan fingerprint density at radius 2 is 2.39 bits per heavy atom. The zero-order valence-corrected chi connectivity index (χ0v) is 14.2. The van der Waals surface area contributed by atoms with Crippen LogP contribution < -0.4 is 0 Å². The fourth-order valence-corrected chi connectivity index (χ4v) is 3.62. The number of nitrogens with zero attached hydrogens (tertiary/aromatic N) is 4. The highest BCUT2D eigenvalue weighted by Crippen LogP contribution is 2.26. The van der Waals surface area contributed by atoms with E-state index >= 15 is 0 Å². The number of aromatic nitrogens is 3. The Hall–Kier alpha value is -1.73. The van der Waals surface area contributed by atoms with Gasteiger partial charge in [-0.15, -0.1) is 11.3 Å². The van der Waals surface area contributed by atoms with E-state index < -0.39 is 0 Å². The molecule has 1 aliphatic rings. The number of ether oxygens (including phenoxy) is 1. The van der Waals surface area contributed by atoms with Crippen LogP contribution in [0.1, 0.15) is 36.7 Å². The number of hydrogen-bond acceptors (Lipinski definition) is 5. The number of amides is 1. The lowest BCUT2D eigenvalue weighted by molar-refractivity contribution is -0.133. The Bertz CT molecular complexity index is 626. The van der Waals surface area contributed by atoms with Crippen molar-refractivity contribution in [2.75, 3.05) is 26.8 Å². The molecule has 3 rings (SSSR count). The quantitative estimate of drug-likeness (QED) is 0.812. The highest BCUT2D eigenvalue weighted by molar-refractivity contribution is 7.07. The zero-order chi connectivity index (χ0) is 16.1. The van der Waals surface area contributed by atoms with E-state index in [0.717, 1.165) is 44.0 Å². The van der Waals surface area contributed by atoms with Crippen molar-refractivity contribution in [2.24, 2.45) is 0 Å². The molecule has 1 saturated heterocycles. The number of thiazole rings is 1. The number of rotatable bonds is 6. The number of methoxy groups -OCH3 is 1. The Balaban J connectivity index is 1.67. The van der Waals surface area contributed by atoms with Gasteiger partial charge in [0.05, 0.1) is 30.8 Å². The topological polar surface area (TPSA) is 60.2 Å². The summed E-state index contributed by atoms with van der Waals surface area (Å²) in [7, 11) is 1.63. The third-order valence-corrected chi connectivity index (χ3v) is 4.86. The predicted molar refractivity (Wildman–Crippen MR) is 88.5 cm³/mol. The summed E-state index contributed by atoms with van der Waals surface area (Å²) in [5, 5.41) is 2.06. The number of carbonyl (C=O) groups excluding carboxylic acids is 1. The molecule has 1 fully saturated rings. The van der Waals surface area contributed by atoms with Gasteiger partial charge in [-0.05, 0) is 12.8 Å². The highest BCUT2D eigenvalue weighted by atomic mass is 32.1. The van der Waals surface area contributed by atoms with Crippen LogP contribution in [-0.2, 0) is 16.1 Å². The first-order valence-corrected chi connectivity index (χ1v) is 8.87. The van der Waals surface area contributed by atoms with Gasteiger partial charge in [-0.2, -0.15) is 0 Å². The second-order valence-electron chi connectivity index (χ2n) is 5.81. The molecule has 2 aromatic rings. The van der Waals surface area contributed by atoms with Gasteiger partial charge in [0, 0.05) is 43.9 Å². The molecule has 0 aliphatic carbocycles. The van der Waals surface area contributed by atoms with Crippen molar-refractivity contribution in [1.82, 2.24) is 19.4 Å². The molecule has 124 valence electrons. The molecule has 2 aromatic heterocycles. The molecule has 7 heteroatoms. The first-order valence-electron chi connectivity index (χ1n) is 7.92. The molecule has 0 N–H and O–H groups in total. The van der Waals surface area contributed by atoms with Gasteiger partial charge in [-0.25, -0.2) is 9.97 Å². The summed E-state index contributed by atoms with van der Waals surface area (Å²) in [6.07, 6.45) is 6.39. The number of hydrogen-bond donors (Lipinski definition) is 0. The van der Waals surface area contributed by atoms with Gasteiger partial charge in [0.1, 0.15) is 5.82 Å². The molecule has 0 bridgehead atoms. The van der Waals surface area contributed by atoms with Crippen LogP contribution in [0.5, 0.6) is 0 Å². The molecule has 0 aromatic carbocycles. The van der Waals surface area contributed by atoms with E-state index in [1.54, 1.807) is 18.4 Å². The molecule has 0 saturated carbocycles. The van der Waals surface area contributed by atoms with Gasteiger partial charge in [0.2, 0.25) is 5.91 Å². The molecule has 0 unspecified atom stereocenters. The SMILES string of the molecule is COCCC(=O)N1CCC[C@H](c2nccn2Cc2cscn2)C1. The molecule has 1 aliphatic heterocycles. The summed E-state index contributed by atoms with van der Waals surface area (Å²) in [5.41, 5.74) is 2.90. The summed E-state index contributed by atoms with van der Waals surface area (Å²) in [6.45, 7) is 2.81. The van der Waals surface area contributed by atoms with Gasteiger partial charge in [-0.3, -0.25) is 4.79 Å². The minimum Gasteiger partial charge on any atom is -0.384 e. The van der Waals surface area contributed by atoms with Crippen molar-refractivity contribution < 1.29 is 9.53 Å². The van der Waals surface area contributed by atoms with Crippen LogP contribution in [0.25, 0.3) is 0 Å². The van der Waals surface area contributed by atoms with Gasteiger partial charge in [-0.1, -0.05) is 0 Å². The molecule has 23 heavy (non-hydrogen) atoms. The smallest absolute Gasteiger partial charge is 0.224 e. The average molecular weight is 334 g/mol. The standard InChI is InChI=1S/C16H22N4O2S/c1-22-8-4-15(21)19-6-2-3-13(9-19)16-17-5-7-20(16)10-14-11-23-12-18-14/h5,7,11-13H,2-4,6,8-10H2,1H3/t13-/m0/s1. The summed E-state index contributed by atoms with van der Waals surface area (Å²) in [6, 6.07) is 0. The summed E-state index contributed by atoms with van der Waals surface area (Å²) in [4.78, 5) is 23.1. The Labute approximate surface area is 140 Å². The Morgan fingerprint density at radius 1 is 1.48 bits per heavy atom. The second kappa shape index (κ2) is 7.70. The normalized spacial score (nSPS) is 18.3. The summed E-state index contributed by atoms with van der Waals surface area (Å²) >= 11 is 1.61.